The maximum absolute atomic E-state index is 8.87. The Morgan fingerprint density at radius 2 is 2.20 bits per heavy atom. The van der Waals surface area contributed by atoms with Crippen molar-refractivity contribution >= 4 is 17.3 Å². The van der Waals surface area contributed by atoms with E-state index in [4.69, 9.17) is 22.4 Å². The van der Waals surface area contributed by atoms with Crippen LogP contribution in [0.15, 0.2) is 18.2 Å². The highest BCUT2D eigenvalue weighted by atomic mass is 35.5. The number of hydrogen-bond acceptors (Lipinski definition) is 3. The van der Waals surface area contributed by atoms with Crippen LogP contribution in [0.3, 0.4) is 0 Å². The second-order valence-corrected chi connectivity index (χ2v) is 3.85. The highest BCUT2D eigenvalue weighted by Gasteiger charge is 2.06. The van der Waals surface area contributed by atoms with Crippen molar-refractivity contribution in [1.82, 2.24) is 4.90 Å². The molecule has 4 heteroatoms. The summed E-state index contributed by atoms with van der Waals surface area (Å²) in [6, 6.07) is 5.47. The van der Waals surface area contributed by atoms with Crippen molar-refractivity contribution in [3.8, 4) is 0 Å². The molecule has 0 aliphatic heterocycles. The van der Waals surface area contributed by atoms with Gasteiger partial charge < -0.3 is 10.8 Å². The summed E-state index contributed by atoms with van der Waals surface area (Å²) in [6.45, 7) is 4.47. The van der Waals surface area contributed by atoms with Crippen molar-refractivity contribution in [3.63, 3.8) is 0 Å². The summed E-state index contributed by atoms with van der Waals surface area (Å²) < 4.78 is 0. The van der Waals surface area contributed by atoms with E-state index < -0.39 is 0 Å². The van der Waals surface area contributed by atoms with Crippen LogP contribution in [0.5, 0.6) is 0 Å². The van der Waals surface area contributed by atoms with Gasteiger partial charge in [0.1, 0.15) is 0 Å². The van der Waals surface area contributed by atoms with Crippen molar-refractivity contribution in [2.45, 2.75) is 13.5 Å². The van der Waals surface area contributed by atoms with Crippen LogP contribution in [0.2, 0.25) is 5.02 Å². The van der Waals surface area contributed by atoms with E-state index in [2.05, 4.69) is 11.8 Å². The van der Waals surface area contributed by atoms with Gasteiger partial charge in [-0.15, -0.1) is 0 Å². The number of aliphatic hydroxyl groups excluding tert-OH is 1. The van der Waals surface area contributed by atoms with Crippen molar-refractivity contribution in [2.75, 3.05) is 25.4 Å². The van der Waals surface area contributed by atoms with Crippen LogP contribution in [0, 0.1) is 0 Å². The molecule has 15 heavy (non-hydrogen) atoms. The normalized spacial score (nSPS) is 10.9. The van der Waals surface area contributed by atoms with Gasteiger partial charge in [-0.1, -0.05) is 18.5 Å². The third-order valence-electron chi connectivity index (χ3n) is 2.33. The summed E-state index contributed by atoms with van der Waals surface area (Å²) in [7, 11) is 0. The number of nitrogens with two attached hydrogens (primary N) is 1. The van der Waals surface area contributed by atoms with Crippen LogP contribution in [-0.2, 0) is 6.54 Å². The summed E-state index contributed by atoms with van der Waals surface area (Å²) in [4.78, 5) is 2.11. The monoisotopic (exact) mass is 228 g/mol. The number of halogens is 1. The first-order valence-corrected chi connectivity index (χ1v) is 5.42. The first-order chi connectivity index (χ1) is 7.17. The Balaban J connectivity index is 2.73. The first-order valence-electron chi connectivity index (χ1n) is 5.04. The van der Waals surface area contributed by atoms with Crippen LogP contribution in [0.1, 0.15) is 12.5 Å². The van der Waals surface area contributed by atoms with Gasteiger partial charge in [0.05, 0.1) is 6.61 Å². The molecule has 0 fully saturated rings. The van der Waals surface area contributed by atoms with Crippen molar-refractivity contribution in [2.24, 2.45) is 0 Å². The molecule has 1 rings (SSSR count). The fourth-order valence-corrected chi connectivity index (χ4v) is 1.62. The largest absolute Gasteiger partial charge is 0.399 e. The number of nitrogens with zero attached hydrogens (tertiary/aromatic N) is 1. The summed E-state index contributed by atoms with van der Waals surface area (Å²) in [5.74, 6) is 0. The van der Waals surface area contributed by atoms with Gasteiger partial charge in [-0.05, 0) is 30.3 Å². The Bertz CT molecular complexity index is 317. The molecule has 84 valence electrons. The quantitative estimate of drug-likeness (QED) is 0.755. The van der Waals surface area contributed by atoms with E-state index in [0.717, 1.165) is 29.4 Å². The lowest BCUT2D eigenvalue weighted by Gasteiger charge is -2.19. The zero-order valence-corrected chi connectivity index (χ0v) is 9.67. The van der Waals surface area contributed by atoms with Gasteiger partial charge in [-0.3, -0.25) is 4.90 Å². The van der Waals surface area contributed by atoms with Crippen molar-refractivity contribution in [1.29, 1.82) is 0 Å². The molecule has 0 aliphatic rings. The lowest BCUT2D eigenvalue weighted by atomic mass is 10.2. The van der Waals surface area contributed by atoms with Crippen molar-refractivity contribution < 1.29 is 5.11 Å². The minimum absolute atomic E-state index is 0.160. The van der Waals surface area contributed by atoms with Crippen LogP contribution in [0.25, 0.3) is 0 Å². The minimum atomic E-state index is 0.160. The number of anilines is 1. The van der Waals surface area contributed by atoms with Gasteiger partial charge in [0, 0.05) is 23.8 Å². The zero-order chi connectivity index (χ0) is 11.3. The predicted molar refractivity (Wildman–Crippen MR) is 63.9 cm³/mol. The Kier molecular flexibility index (Phi) is 4.88. The van der Waals surface area contributed by atoms with E-state index in [-0.39, 0.29) is 6.61 Å². The van der Waals surface area contributed by atoms with Gasteiger partial charge >= 0.3 is 0 Å². The van der Waals surface area contributed by atoms with E-state index in [1.165, 1.54) is 0 Å². The Morgan fingerprint density at radius 1 is 1.47 bits per heavy atom. The van der Waals surface area contributed by atoms with E-state index in [9.17, 15) is 0 Å². The van der Waals surface area contributed by atoms with Crippen LogP contribution in [0.4, 0.5) is 5.69 Å². The number of hydrogen-bond donors (Lipinski definition) is 2. The molecule has 0 atom stereocenters. The molecule has 3 nitrogen and oxygen atoms in total. The van der Waals surface area contributed by atoms with E-state index in [0.29, 0.717) is 6.54 Å². The van der Waals surface area contributed by atoms with E-state index in [1.54, 1.807) is 12.1 Å². The molecular weight excluding hydrogens is 212 g/mol. The molecule has 0 heterocycles. The fourth-order valence-electron chi connectivity index (χ4n) is 1.45. The molecule has 0 amide bonds. The number of nitrogen functional groups attached to an aromatic ring is 1. The Hall–Kier alpha value is -0.770. The highest BCUT2D eigenvalue weighted by molar-refractivity contribution is 6.31. The standard InChI is InChI=1S/C11H17ClN2O/c1-2-14(5-6-15)8-9-7-10(13)3-4-11(9)12/h3-4,7,15H,2,5-6,8,13H2,1H3. The average molecular weight is 229 g/mol. The second-order valence-electron chi connectivity index (χ2n) is 3.44. The number of benzene rings is 1. The van der Waals surface area contributed by atoms with Crippen LogP contribution in [-0.4, -0.2) is 29.7 Å². The SMILES string of the molecule is CCN(CCO)Cc1cc(N)ccc1Cl. The van der Waals surface area contributed by atoms with E-state index >= 15 is 0 Å². The van der Waals surface area contributed by atoms with Gasteiger partial charge in [0.15, 0.2) is 0 Å². The third kappa shape index (κ3) is 3.70. The first kappa shape index (κ1) is 12.3. The molecule has 0 saturated carbocycles. The van der Waals surface area contributed by atoms with Gasteiger partial charge in [-0.2, -0.15) is 0 Å². The molecule has 1 aromatic rings. The minimum Gasteiger partial charge on any atom is -0.399 e. The third-order valence-corrected chi connectivity index (χ3v) is 2.70. The molecule has 3 N–H and O–H groups in total. The van der Waals surface area contributed by atoms with Crippen LogP contribution >= 0.6 is 11.6 Å². The maximum atomic E-state index is 8.87. The predicted octanol–water partition coefficient (Wildman–Crippen LogP) is 1.74. The number of likely N-dealkylation sites (N-methyl/N-ethyl adjacent to an activating group) is 1. The lowest BCUT2D eigenvalue weighted by molar-refractivity contribution is 0.197. The summed E-state index contributed by atoms with van der Waals surface area (Å²) in [6.07, 6.45) is 0. The molecule has 0 unspecified atom stereocenters. The number of rotatable bonds is 5. The van der Waals surface area contributed by atoms with Gasteiger partial charge in [0.25, 0.3) is 0 Å². The fraction of sp³-hybridized carbons (Fsp3) is 0.455. The Morgan fingerprint density at radius 3 is 2.80 bits per heavy atom. The highest BCUT2D eigenvalue weighted by Crippen LogP contribution is 2.20. The summed E-state index contributed by atoms with van der Waals surface area (Å²) in [5, 5.41) is 9.59. The average Bonchev–Trinajstić information content (AvgIpc) is 2.22. The second kappa shape index (κ2) is 5.95. The molecule has 0 spiro atoms. The maximum Gasteiger partial charge on any atom is 0.0558 e. The molecule has 0 radical (unpaired) electrons. The summed E-state index contributed by atoms with van der Waals surface area (Å²) in [5.41, 5.74) is 7.42. The molecular formula is C11H17ClN2O. The van der Waals surface area contributed by atoms with Crippen molar-refractivity contribution in [3.05, 3.63) is 28.8 Å². The zero-order valence-electron chi connectivity index (χ0n) is 8.91. The lowest BCUT2D eigenvalue weighted by Crippen LogP contribution is -2.26. The Labute approximate surface area is 95.5 Å². The molecule has 1 aromatic carbocycles. The molecule has 0 aromatic heterocycles. The topological polar surface area (TPSA) is 49.5 Å². The summed E-state index contributed by atoms with van der Waals surface area (Å²) >= 11 is 6.05. The number of aliphatic hydroxyl groups is 1. The van der Waals surface area contributed by atoms with Gasteiger partial charge in [0.2, 0.25) is 0 Å². The van der Waals surface area contributed by atoms with Crippen LogP contribution < -0.4 is 5.73 Å². The smallest absolute Gasteiger partial charge is 0.0558 e. The molecule has 0 bridgehead atoms. The van der Waals surface area contributed by atoms with Gasteiger partial charge in [-0.25, -0.2) is 0 Å². The molecule has 0 saturated heterocycles. The molecule has 0 aliphatic carbocycles. The van der Waals surface area contributed by atoms with E-state index in [1.807, 2.05) is 6.07 Å².